The van der Waals surface area contributed by atoms with Crippen LogP contribution in [0.5, 0.6) is 0 Å². The molecule has 4 heteroatoms. The Morgan fingerprint density at radius 3 is 2.04 bits per heavy atom. The van der Waals surface area contributed by atoms with Gasteiger partial charge in [0.25, 0.3) is 0 Å². The van der Waals surface area contributed by atoms with Crippen molar-refractivity contribution in [3.05, 3.63) is 34.4 Å². The normalized spacial score (nSPS) is 16.7. The third kappa shape index (κ3) is 5.07. The molecule has 0 N–H and O–H groups in total. The Labute approximate surface area is 162 Å². The molecule has 1 aromatic carbocycles. The monoisotopic (exact) mass is 367 g/mol. The van der Waals surface area contributed by atoms with Gasteiger partial charge in [-0.2, -0.15) is 0 Å². The van der Waals surface area contributed by atoms with E-state index < -0.39 is 5.92 Å². The minimum Gasteiger partial charge on any atom is -0.343 e. The average molecular weight is 367 g/mol. The number of nitrogens with zero attached hydrogens (tertiary/aromatic N) is 1. The van der Waals surface area contributed by atoms with E-state index in [4.69, 9.17) is 0 Å². The van der Waals surface area contributed by atoms with Gasteiger partial charge < -0.3 is 4.90 Å². The van der Waals surface area contributed by atoms with Crippen molar-refractivity contribution in [2.75, 3.05) is 13.1 Å². The molecule has 0 aliphatic carbocycles. The lowest BCUT2D eigenvalue weighted by Crippen LogP contribution is -2.35. The molecule has 1 aliphatic heterocycles. The van der Waals surface area contributed by atoms with Crippen LogP contribution in [0.3, 0.4) is 0 Å². The van der Waals surface area contributed by atoms with Gasteiger partial charge in [-0.25, -0.2) is 0 Å². The molecule has 1 saturated heterocycles. The molecule has 27 heavy (non-hydrogen) atoms. The van der Waals surface area contributed by atoms with E-state index in [1.807, 2.05) is 32.9 Å². The summed E-state index contributed by atoms with van der Waals surface area (Å²) in [6.07, 6.45) is 2.30. The quantitative estimate of drug-likeness (QED) is 0.591. The van der Waals surface area contributed by atoms with Crippen LogP contribution < -0.4 is 0 Å². The number of Topliss-reactive ketones (excluding diaryl/α,β-unsaturated/α-hetero) is 2. The molecule has 0 saturated carbocycles. The third-order valence-electron chi connectivity index (χ3n) is 5.15. The molecule has 1 aliphatic rings. The van der Waals surface area contributed by atoms with E-state index >= 15 is 0 Å². The Morgan fingerprint density at radius 2 is 1.59 bits per heavy atom. The summed E-state index contributed by atoms with van der Waals surface area (Å²) in [5.41, 5.74) is 3.64. The molecule has 1 fully saturated rings. The molecule has 144 valence electrons. The lowest BCUT2D eigenvalue weighted by atomic mass is 9.81. The van der Waals surface area contributed by atoms with Crippen LogP contribution in [0.15, 0.2) is 12.1 Å². The number of hydrogen-bond acceptors (Lipinski definition) is 3. The maximum Gasteiger partial charge on any atom is 0.222 e. The second kappa shape index (κ2) is 9.50. The van der Waals surface area contributed by atoms with Crippen LogP contribution in [-0.4, -0.2) is 35.5 Å². The summed E-state index contributed by atoms with van der Waals surface area (Å²) in [6.45, 7) is 8.70. The summed E-state index contributed by atoms with van der Waals surface area (Å²) in [7, 11) is 0. The fourth-order valence-electron chi connectivity index (χ4n) is 3.91. The Balaban J connectivity index is 2.32. The van der Waals surface area contributed by atoms with E-state index in [1.165, 1.54) is 0 Å². The highest BCUT2D eigenvalue weighted by atomic mass is 16.2. The first-order valence-electron chi connectivity index (χ1n) is 9.76. The molecule has 0 bridgehead atoms. The zero-order valence-electron chi connectivity index (χ0n) is 16.9. The lowest BCUT2D eigenvalue weighted by molar-refractivity contribution is -0.134. The predicted molar refractivity (Wildman–Crippen MR) is 107 cm³/mol. The molecule has 0 radical (unpaired) electrons. The van der Waals surface area contributed by atoms with Gasteiger partial charge in [-0.15, -0.1) is 5.92 Å². The molecular weight excluding hydrogens is 338 g/mol. The minimum atomic E-state index is -0.693. The van der Waals surface area contributed by atoms with Crippen molar-refractivity contribution >= 4 is 17.5 Å². The standard InChI is InChI=1S/C23H29NO3/c1-5-9-18-14-16(3)22(17(4)15-18)23-19(25)10-7-12-24(21(27)6-2)13-8-11-20(23)26/h14-15,23H,6-8,10-13H2,1-4H3. The second-order valence-electron chi connectivity index (χ2n) is 7.21. The van der Waals surface area contributed by atoms with Gasteiger partial charge in [-0.3, -0.25) is 14.4 Å². The highest BCUT2D eigenvalue weighted by Gasteiger charge is 2.31. The van der Waals surface area contributed by atoms with Crippen molar-refractivity contribution in [3.63, 3.8) is 0 Å². The van der Waals surface area contributed by atoms with Crippen molar-refractivity contribution in [1.29, 1.82) is 0 Å². The van der Waals surface area contributed by atoms with Gasteiger partial charge >= 0.3 is 0 Å². The molecule has 0 spiro atoms. The minimum absolute atomic E-state index is 0.0358. The zero-order valence-corrected chi connectivity index (χ0v) is 16.9. The maximum atomic E-state index is 13.0. The van der Waals surface area contributed by atoms with Crippen LogP contribution in [0.1, 0.15) is 74.1 Å². The molecule has 1 aromatic rings. The van der Waals surface area contributed by atoms with Crippen molar-refractivity contribution < 1.29 is 14.4 Å². The van der Waals surface area contributed by atoms with Gasteiger partial charge in [-0.05, 0) is 62.4 Å². The summed E-state index contributed by atoms with van der Waals surface area (Å²) < 4.78 is 0. The Bertz CT molecular complexity index is 753. The first-order chi connectivity index (χ1) is 12.9. The van der Waals surface area contributed by atoms with Gasteiger partial charge in [-0.1, -0.05) is 12.8 Å². The van der Waals surface area contributed by atoms with Crippen LogP contribution >= 0.6 is 0 Å². The summed E-state index contributed by atoms with van der Waals surface area (Å²) in [5, 5.41) is 0. The van der Waals surface area contributed by atoms with E-state index in [0.717, 1.165) is 22.3 Å². The van der Waals surface area contributed by atoms with Crippen molar-refractivity contribution in [3.8, 4) is 11.8 Å². The Morgan fingerprint density at radius 1 is 1.07 bits per heavy atom. The Hall–Kier alpha value is -2.41. The molecule has 0 unspecified atom stereocenters. The number of ketones is 2. The van der Waals surface area contributed by atoms with E-state index in [1.54, 1.807) is 11.8 Å². The number of carbonyl (C=O) groups excluding carboxylic acids is 3. The van der Waals surface area contributed by atoms with E-state index in [2.05, 4.69) is 11.8 Å². The van der Waals surface area contributed by atoms with Crippen LogP contribution in [-0.2, 0) is 14.4 Å². The smallest absolute Gasteiger partial charge is 0.222 e. The highest BCUT2D eigenvalue weighted by Crippen LogP contribution is 2.30. The lowest BCUT2D eigenvalue weighted by Gasteiger charge is -2.26. The fourth-order valence-corrected chi connectivity index (χ4v) is 3.91. The predicted octanol–water partition coefficient (Wildman–Crippen LogP) is 3.71. The average Bonchev–Trinajstić information content (AvgIpc) is 2.62. The summed E-state index contributed by atoms with van der Waals surface area (Å²) in [5.74, 6) is 5.26. The largest absolute Gasteiger partial charge is 0.343 e. The van der Waals surface area contributed by atoms with Crippen LogP contribution in [0.25, 0.3) is 0 Å². The second-order valence-corrected chi connectivity index (χ2v) is 7.21. The number of aryl methyl sites for hydroxylation is 2. The van der Waals surface area contributed by atoms with Gasteiger partial charge in [0.2, 0.25) is 5.91 Å². The van der Waals surface area contributed by atoms with Crippen LogP contribution in [0.4, 0.5) is 0 Å². The van der Waals surface area contributed by atoms with Crippen LogP contribution in [0.2, 0.25) is 0 Å². The number of carbonyl (C=O) groups is 3. The van der Waals surface area contributed by atoms with Gasteiger partial charge in [0, 0.05) is 37.9 Å². The number of amides is 1. The molecule has 0 aromatic heterocycles. The van der Waals surface area contributed by atoms with E-state index in [9.17, 15) is 14.4 Å². The van der Waals surface area contributed by atoms with Crippen molar-refractivity contribution in [2.45, 2.75) is 65.7 Å². The molecule has 2 rings (SSSR count). The van der Waals surface area contributed by atoms with Crippen molar-refractivity contribution in [2.24, 2.45) is 0 Å². The van der Waals surface area contributed by atoms with Gasteiger partial charge in [0.15, 0.2) is 0 Å². The van der Waals surface area contributed by atoms with Crippen molar-refractivity contribution in [1.82, 2.24) is 4.90 Å². The molecule has 1 amide bonds. The third-order valence-corrected chi connectivity index (χ3v) is 5.15. The highest BCUT2D eigenvalue weighted by molar-refractivity contribution is 6.08. The van der Waals surface area contributed by atoms with Gasteiger partial charge in [0.05, 0.1) is 0 Å². The molecule has 0 atom stereocenters. The zero-order chi connectivity index (χ0) is 20.0. The Kier molecular flexibility index (Phi) is 7.36. The van der Waals surface area contributed by atoms with E-state index in [-0.39, 0.29) is 17.5 Å². The fraction of sp³-hybridized carbons (Fsp3) is 0.522. The number of hydrogen-bond donors (Lipinski definition) is 0. The summed E-state index contributed by atoms with van der Waals surface area (Å²) in [4.78, 5) is 39.7. The molecular formula is C23H29NO3. The van der Waals surface area contributed by atoms with Gasteiger partial charge in [0.1, 0.15) is 17.5 Å². The maximum absolute atomic E-state index is 13.0. The first kappa shape index (κ1) is 20.9. The SMILES string of the molecule is CC#Cc1cc(C)c(C2C(=O)CCCN(C(=O)CC)CCCC2=O)c(C)c1. The first-order valence-corrected chi connectivity index (χ1v) is 9.76. The summed E-state index contributed by atoms with van der Waals surface area (Å²) in [6, 6.07) is 3.92. The molecule has 1 heterocycles. The number of rotatable bonds is 2. The molecule has 4 nitrogen and oxygen atoms in total. The number of benzene rings is 1. The van der Waals surface area contributed by atoms with Crippen LogP contribution in [0, 0.1) is 25.7 Å². The van der Waals surface area contributed by atoms with E-state index in [0.29, 0.717) is 45.2 Å². The summed E-state index contributed by atoms with van der Waals surface area (Å²) >= 11 is 0. The topological polar surface area (TPSA) is 54.5 Å².